The second-order valence-corrected chi connectivity index (χ2v) is 4.04. The lowest BCUT2D eigenvalue weighted by molar-refractivity contribution is -0.137. The van der Waals surface area contributed by atoms with E-state index < -0.39 is 17.6 Å². The van der Waals surface area contributed by atoms with Crippen molar-refractivity contribution in [2.75, 3.05) is 12.8 Å². The number of amides is 1. The van der Waals surface area contributed by atoms with Crippen molar-refractivity contribution in [3.05, 3.63) is 41.7 Å². The predicted octanol–water partition coefficient (Wildman–Crippen LogP) is 1.83. The largest absolute Gasteiger partial charge is 0.416 e. The van der Waals surface area contributed by atoms with E-state index in [1.54, 1.807) is 0 Å². The lowest BCUT2D eigenvalue weighted by Crippen LogP contribution is -2.18. The molecule has 0 saturated heterocycles. The van der Waals surface area contributed by atoms with Crippen LogP contribution < -0.4 is 11.1 Å². The molecule has 0 aliphatic heterocycles. The molecule has 5 nitrogen and oxygen atoms in total. The first-order valence-corrected chi connectivity index (χ1v) is 5.57. The molecule has 1 aromatic carbocycles. The first kappa shape index (κ1) is 13.9. The second-order valence-electron chi connectivity index (χ2n) is 4.04. The van der Waals surface area contributed by atoms with E-state index in [1.165, 1.54) is 25.4 Å². The Labute approximate surface area is 112 Å². The molecule has 0 bridgehead atoms. The van der Waals surface area contributed by atoms with Crippen LogP contribution in [0.15, 0.2) is 30.5 Å². The van der Waals surface area contributed by atoms with E-state index in [4.69, 9.17) is 5.73 Å². The number of anilines is 1. The number of rotatable bonds is 2. The maximum Gasteiger partial charge on any atom is 0.416 e. The number of nitrogens with two attached hydrogens (primary N) is 1. The molecule has 2 rings (SSSR count). The van der Waals surface area contributed by atoms with Crippen LogP contribution in [0.4, 0.5) is 18.9 Å². The Morgan fingerprint density at radius 3 is 2.65 bits per heavy atom. The zero-order valence-corrected chi connectivity index (χ0v) is 10.4. The SMILES string of the molecule is CNC(=O)c1ccn(-c2cc(N)cc(C(F)(F)F)c2)n1. The third-order valence-corrected chi connectivity index (χ3v) is 2.58. The van der Waals surface area contributed by atoms with Gasteiger partial charge in [0.05, 0.1) is 11.3 Å². The number of nitrogen functional groups attached to an aromatic ring is 1. The molecule has 1 heterocycles. The summed E-state index contributed by atoms with van der Waals surface area (Å²) in [6.07, 6.45) is -3.11. The zero-order valence-electron chi connectivity index (χ0n) is 10.4. The van der Waals surface area contributed by atoms with Gasteiger partial charge in [-0.3, -0.25) is 4.79 Å². The van der Waals surface area contributed by atoms with Crippen LogP contribution >= 0.6 is 0 Å². The number of halogens is 3. The monoisotopic (exact) mass is 284 g/mol. The van der Waals surface area contributed by atoms with Crippen molar-refractivity contribution >= 4 is 11.6 Å². The van der Waals surface area contributed by atoms with Crippen LogP contribution in [0.1, 0.15) is 16.1 Å². The van der Waals surface area contributed by atoms with E-state index in [2.05, 4.69) is 10.4 Å². The van der Waals surface area contributed by atoms with Crippen molar-refractivity contribution < 1.29 is 18.0 Å². The van der Waals surface area contributed by atoms with E-state index in [0.717, 1.165) is 16.8 Å². The summed E-state index contributed by atoms with van der Waals surface area (Å²) in [7, 11) is 1.43. The Hall–Kier alpha value is -2.51. The first-order chi connectivity index (χ1) is 9.31. The molecule has 0 aliphatic rings. The molecule has 8 heteroatoms. The highest BCUT2D eigenvalue weighted by Gasteiger charge is 2.31. The summed E-state index contributed by atoms with van der Waals surface area (Å²) in [4.78, 5) is 11.4. The van der Waals surface area contributed by atoms with E-state index in [-0.39, 0.29) is 17.1 Å². The molecule has 0 atom stereocenters. The molecule has 0 spiro atoms. The molecule has 0 unspecified atom stereocenters. The van der Waals surface area contributed by atoms with Gasteiger partial charge >= 0.3 is 6.18 Å². The number of hydrogen-bond acceptors (Lipinski definition) is 3. The van der Waals surface area contributed by atoms with Crippen molar-refractivity contribution in [1.82, 2.24) is 15.1 Å². The molecular weight excluding hydrogens is 273 g/mol. The number of carbonyl (C=O) groups is 1. The van der Waals surface area contributed by atoms with Crippen LogP contribution in [0, 0.1) is 0 Å². The summed E-state index contributed by atoms with van der Waals surface area (Å²) in [5, 5.41) is 6.27. The molecule has 2 aromatic rings. The maximum atomic E-state index is 12.7. The van der Waals surface area contributed by atoms with E-state index in [1.807, 2.05) is 0 Å². The summed E-state index contributed by atoms with van der Waals surface area (Å²) < 4.78 is 39.3. The van der Waals surface area contributed by atoms with Gasteiger partial charge in [0.15, 0.2) is 5.69 Å². The number of nitrogens with one attached hydrogen (secondary N) is 1. The Bertz CT molecular complexity index is 648. The number of hydrogen-bond donors (Lipinski definition) is 2. The van der Waals surface area contributed by atoms with Crippen LogP contribution in [0.25, 0.3) is 5.69 Å². The minimum Gasteiger partial charge on any atom is -0.399 e. The Kier molecular flexibility index (Phi) is 3.39. The maximum absolute atomic E-state index is 12.7. The number of nitrogens with zero attached hydrogens (tertiary/aromatic N) is 2. The summed E-state index contributed by atoms with van der Waals surface area (Å²) >= 11 is 0. The molecule has 0 saturated carbocycles. The van der Waals surface area contributed by atoms with Gasteiger partial charge < -0.3 is 11.1 Å². The van der Waals surface area contributed by atoms with Gasteiger partial charge in [0.1, 0.15) is 0 Å². The summed E-state index contributed by atoms with van der Waals surface area (Å²) in [6, 6.07) is 4.49. The van der Waals surface area contributed by atoms with Gasteiger partial charge in [-0.25, -0.2) is 4.68 Å². The average molecular weight is 284 g/mol. The number of benzene rings is 1. The Morgan fingerprint density at radius 2 is 2.05 bits per heavy atom. The van der Waals surface area contributed by atoms with Crippen molar-refractivity contribution in [3.8, 4) is 5.69 Å². The van der Waals surface area contributed by atoms with Gasteiger partial charge in [-0.05, 0) is 24.3 Å². The van der Waals surface area contributed by atoms with Crippen molar-refractivity contribution in [2.45, 2.75) is 6.18 Å². The fraction of sp³-hybridized carbons (Fsp3) is 0.167. The van der Waals surface area contributed by atoms with E-state index in [0.29, 0.717) is 0 Å². The third kappa shape index (κ3) is 2.73. The zero-order chi connectivity index (χ0) is 14.9. The number of carbonyl (C=O) groups excluding carboxylic acids is 1. The Morgan fingerprint density at radius 1 is 1.35 bits per heavy atom. The van der Waals surface area contributed by atoms with Gasteiger partial charge in [-0.2, -0.15) is 18.3 Å². The predicted molar refractivity (Wildman–Crippen MR) is 66.4 cm³/mol. The van der Waals surface area contributed by atoms with Crippen LogP contribution in [0.2, 0.25) is 0 Å². The molecule has 0 aliphatic carbocycles. The van der Waals surface area contributed by atoms with E-state index in [9.17, 15) is 18.0 Å². The molecule has 0 radical (unpaired) electrons. The molecule has 106 valence electrons. The van der Waals surface area contributed by atoms with Gasteiger partial charge in [0.25, 0.3) is 5.91 Å². The van der Waals surface area contributed by atoms with Crippen LogP contribution in [-0.4, -0.2) is 22.7 Å². The van der Waals surface area contributed by atoms with Gasteiger partial charge in [-0.1, -0.05) is 0 Å². The molecule has 1 amide bonds. The molecule has 0 fully saturated rings. The minimum absolute atomic E-state index is 0.0354. The molecular formula is C12H11F3N4O. The summed E-state index contributed by atoms with van der Waals surface area (Å²) in [5.41, 5.74) is 4.79. The molecule has 1 aromatic heterocycles. The first-order valence-electron chi connectivity index (χ1n) is 5.57. The van der Waals surface area contributed by atoms with E-state index >= 15 is 0 Å². The summed E-state index contributed by atoms with van der Waals surface area (Å²) in [6.45, 7) is 0. The minimum atomic E-state index is -4.50. The number of alkyl halides is 3. The van der Waals surface area contributed by atoms with Crippen LogP contribution in [0.5, 0.6) is 0 Å². The molecule has 3 N–H and O–H groups in total. The highest BCUT2D eigenvalue weighted by Crippen LogP contribution is 2.32. The Balaban J connectivity index is 2.45. The third-order valence-electron chi connectivity index (χ3n) is 2.58. The number of aromatic nitrogens is 2. The summed E-state index contributed by atoms with van der Waals surface area (Å²) in [5.74, 6) is -0.427. The van der Waals surface area contributed by atoms with Crippen molar-refractivity contribution in [3.63, 3.8) is 0 Å². The quantitative estimate of drug-likeness (QED) is 0.826. The lowest BCUT2D eigenvalue weighted by Gasteiger charge is -2.10. The fourth-order valence-electron chi connectivity index (χ4n) is 1.65. The molecule has 20 heavy (non-hydrogen) atoms. The fourth-order valence-corrected chi connectivity index (χ4v) is 1.65. The van der Waals surface area contributed by atoms with Gasteiger partial charge in [0.2, 0.25) is 0 Å². The normalized spacial score (nSPS) is 11.4. The van der Waals surface area contributed by atoms with Crippen LogP contribution in [-0.2, 0) is 6.18 Å². The van der Waals surface area contributed by atoms with Crippen LogP contribution in [0.3, 0.4) is 0 Å². The smallest absolute Gasteiger partial charge is 0.399 e. The highest BCUT2D eigenvalue weighted by molar-refractivity contribution is 5.91. The van der Waals surface area contributed by atoms with Crippen molar-refractivity contribution in [2.24, 2.45) is 0 Å². The lowest BCUT2D eigenvalue weighted by atomic mass is 10.1. The van der Waals surface area contributed by atoms with Gasteiger partial charge in [0, 0.05) is 18.9 Å². The second kappa shape index (κ2) is 4.87. The highest BCUT2D eigenvalue weighted by atomic mass is 19.4. The average Bonchev–Trinajstić information content (AvgIpc) is 2.85. The van der Waals surface area contributed by atoms with Crippen molar-refractivity contribution in [1.29, 1.82) is 0 Å². The topological polar surface area (TPSA) is 72.9 Å². The standard InChI is InChI=1S/C12H11F3N4O/c1-17-11(20)10-2-3-19(18-10)9-5-7(12(13,14)15)4-8(16)6-9/h2-6H,16H2,1H3,(H,17,20). The van der Waals surface area contributed by atoms with Gasteiger partial charge in [-0.15, -0.1) is 0 Å².